The van der Waals surface area contributed by atoms with Crippen LogP contribution in [-0.2, 0) is 22.5 Å². The van der Waals surface area contributed by atoms with Crippen molar-refractivity contribution in [3.05, 3.63) is 72.6 Å². The summed E-state index contributed by atoms with van der Waals surface area (Å²) < 4.78 is 13.1. The van der Waals surface area contributed by atoms with Gasteiger partial charge in [-0.05, 0) is 43.5 Å². The second-order valence-corrected chi connectivity index (χ2v) is 7.14. The van der Waals surface area contributed by atoms with Crippen LogP contribution in [0.25, 0.3) is 11.0 Å². The molecule has 6 nitrogen and oxygen atoms in total. The van der Waals surface area contributed by atoms with Crippen molar-refractivity contribution in [2.75, 3.05) is 20.3 Å². The summed E-state index contributed by atoms with van der Waals surface area (Å²) in [6, 6.07) is 15.8. The minimum Gasteiger partial charge on any atom is -0.493 e. The van der Waals surface area contributed by atoms with Gasteiger partial charge in [0.25, 0.3) is 0 Å². The van der Waals surface area contributed by atoms with Crippen molar-refractivity contribution in [2.45, 2.75) is 32.4 Å². The van der Waals surface area contributed by atoms with E-state index in [0.29, 0.717) is 6.61 Å². The molecule has 6 heteroatoms. The highest BCUT2D eigenvalue weighted by Gasteiger charge is 2.18. The van der Waals surface area contributed by atoms with Gasteiger partial charge in [-0.1, -0.05) is 36.4 Å². The number of methoxy groups -OCH3 is 1. The number of allylic oxidation sites excluding steroid dienone is 1. The number of imidazole rings is 1. The van der Waals surface area contributed by atoms with Crippen LogP contribution in [0.3, 0.4) is 0 Å². The van der Waals surface area contributed by atoms with Gasteiger partial charge in [0.15, 0.2) is 0 Å². The second-order valence-electron chi connectivity index (χ2n) is 7.14. The van der Waals surface area contributed by atoms with Gasteiger partial charge in [0, 0.05) is 13.7 Å². The molecule has 1 aromatic heterocycles. The Morgan fingerprint density at radius 3 is 2.80 bits per heavy atom. The maximum Gasteiger partial charge on any atom is 0.246 e. The van der Waals surface area contributed by atoms with E-state index < -0.39 is 0 Å². The van der Waals surface area contributed by atoms with Crippen molar-refractivity contribution >= 4 is 16.9 Å². The molecular weight excluding hydrogens is 378 g/mol. The van der Waals surface area contributed by atoms with Crippen LogP contribution in [0.2, 0.25) is 0 Å². The van der Waals surface area contributed by atoms with E-state index in [9.17, 15) is 4.79 Å². The fourth-order valence-corrected chi connectivity index (χ4v) is 3.51. The minimum atomic E-state index is -0.228. The molecule has 0 saturated carbocycles. The van der Waals surface area contributed by atoms with Gasteiger partial charge >= 0.3 is 0 Å². The van der Waals surface area contributed by atoms with Crippen LogP contribution in [0.4, 0.5) is 0 Å². The number of benzene rings is 2. The average Bonchev–Trinajstić information content (AvgIpc) is 3.11. The molecule has 0 radical (unpaired) electrons. The highest BCUT2D eigenvalue weighted by atomic mass is 16.5. The monoisotopic (exact) mass is 407 g/mol. The van der Waals surface area contributed by atoms with Gasteiger partial charge in [-0.15, -0.1) is 6.58 Å². The topological polar surface area (TPSA) is 65.4 Å². The fraction of sp³-hybridized carbons (Fsp3) is 0.333. The summed E-state index contributed by atoms with van der Waals surface area (Å²) in [7, 11) is 1.51. The average molecular weight is 408 g/mol. The van der Waals surface area contributed by atoms with E-state index in [1.54, 1.807) is 0 Å². The molecule has 0 spiro atoms. The highest BCUT2D eigenvalue weighted by molar-refractivity contribution is 5.78. The van der Waals surface area contributed by atoms with Gasteiger partial charge in [-0.25, -0.2) is 4.98 Å². The molecule has 3 rings (SSSR count). The summed E-state index contributed by atoms with van der Waals surface area (Å²) >= 11 is 0. The number of aryl methyl sites for hydroxylation is 1. The number of nitrogens with zero attached hydrogens (tertiary/aromatic N) is 2. The van der Waals surface area contributed by atoms with E-state index >= 15 is 0 Å². The van der Waals surface area contributed by atoms with Crippen molar-refractivity contribution in [1.82, 2.24) is 14.9 Å². The Bertz CT molecular complexity index is 996. The quantitative estimate of drug-likeness (QED) is 0.385. The predicted octanol–water partition coefficient (Wildman–Crippen LogP) is 4.06. The summed E-state index contributed by atoms with van der Waals surface area (Å²) in [5.74, 6) is 1.56. The molecule has 0 saturated heterocycles. The SMILES string of the molecule is C=CCc1ccccc1OCCCn1c(C(C)NC(=O)COC)nc2ccccc21. The Labute approximate surface area is 177 Å². The number of carbonyl (C=O) groups excluding carboxylic acids is 1. The van der Waals surface area contributed by atoms with Gasteiger partial charge in [0.1, 0.15) is 18.2 Å². The molecule has 1 N–H and O–H groups in total. The van der Waals surface area contributed by atoms with Crippen LogP contribution in [0.15, 0.2) is 61.2 Å². The van der Waals surface area contributed by atoms with E-state index in [1.807, 2.05) is 49.4 Å². The zero-order chi connectivity index (χ0) is 21.3. The molecule has 0 fully saturated rings. The molecule has 30 heavy (non-hydrogen) atoms. The number of amides is 1. The Morgan fingerprint density at radius 2 is 2.00 bits per heavy atom. The van der Waals surface area contributed by atoms with Gasteiger partial charge in [-0.3, -0.25) is 4.79 Å². The zero-order valence-electron chi connectivity index (χ0n) is 17.6. The standard InChI is InChI=1S/C24H29N3O3/c1-4-10-19-11-5-8-14-22(19)30-16-9-15-27-21-13-7-6-12-20(21)26-24(27)18(2)25-23(28)17-29-3/h4-8,11-14,18H,1,9-10,15-17H2,2-3H3,(H,25,28). The van der Waals surface area contributed by atoms with Crippen molar-refractivity contribution in [2.24, 2.45) is 0 Å². The Hall–Kier alpha value is -3.12. The number of hydrogen-bond acceptors (Lipinski definition) is 4. The van der Waals surface area contributed by atoms with Gasteiger partial charge < -0.3 is 19.4 Å². The third kappa shape index (κ3) is 5.27. The highest BCUT2D eigenvalue weighted by Crippen LogP contribution is 2.22. The Morgan fingerprint density at radius 1 is 1.23 bits per heavy atom. The van der Waals surface area contributed by atoms with E-state index in [4.69, 9.17) is 14.5 Å². The summed E-state index contributed by atoms with van der Waals surface area (Å²) in [5.41, 5.74) is 3.10. The predicted molar refractivity (Wildman–Crippen MR) is 119 cm³/mol. The van der Waals surface area contributed by atoms with Crippen molar-refractivity contribution in [1.29, 1.82) is 0 Å². The molecular formula is C24H29N3O3. The van der Waals surface area contributed by atoms with Crippen molar-refractivity contribution in [3.8, 4) is 5.75 Å². The molecule has 0 bridgehead atoms. The van der Waals surface area contributed by atoms with E-state index in [2.05, 4.69) is 28.6 Å². The number of nitrogens with one attached hydrogen (secondary N) is 1. The van der Waals surface area contributed by atoms with Gasteiger partial charge in [0.2, 0.25) is 5.91 Å². The smallest absolute Gasteiger partial charge is 0.246 e. The van der Waals surface area contributed by atoms with Crippen molar-refractivity contribution in [3.63, 3.8) is 0 Å². The van der Waals surface area contributed by atoms with Crippen molar-refractivity contribution < 1.29 is 14.3 Å². The van der Waals surface area contributed by atoms with Crippen LogP contribution in [0.1, 0.15) is 30.8 Å². The number of carbonyl (C=O) groups is 1. The lowest BCUT2D eigenvalue weighted by Crippen LogP contribution is -2.31. The summed E-state index contributed by atoms with van der Waals surface area (Å²) in [5, 5.41) is 2.95. The molecule has 1 atom stereocenters. The third-order valence-corrected chi connectivity index (χ3v) is 4.84. The van der Waals surface area contributed by atoms with Gasteiger partial charge in [-0.2, -0.15) is 0 Å². The summed E-state index contributed by atoms with van der Waals surface area (Å²) in [4.78, 5) is 16.7. The van der Waals surface area contributed by atoms with E-state index in [1.165, 1.54) is 7.11 Å². The first-order chi connectivity index (χ1) is 14.6. The zero-order valence-corrected chi connectivity index (χ0v) is 17.6. The first-order valence-electron chi connectivity index (χ1n) is 10.2. The molecule has 0 aliphatic heterocycles. The second kappa shape index (κ2) is 10.6. The molecule has 0 aliphatic rings. The molecule has 158 valence electrons. The van der Waals surface area contributed by atoms with Crippen LogP contribution < -0.4 is 10.1 Å². The maximum atomic E-state index is 12.0. The normalized spacial score (nSPS) is 11.9. The molecule has 1 unspecified atom stereocenters. The minimum absolute atomic E-state index is 0.0303. The third-order valence-electron chi connectivity index (χ3n) is 4.84. The lowest BCUT2D eigenvalue weighted by molar-refractivity contribution is -0.125. The largest absolute Gasteiger partial charge is 0.493 e. The molecule has 2 aromatic carbocycles. The van der Waals surface area contributed by atoms with Gasteiger partial charge in [0.05, 0.1) is 23.7 Å². The summed E-state index contributed by atoms with van der Waals surface area (Å²) in [6.07, 6.45) is 3.48. The summed E-state index contributed by atoms with van der Waals surface area (Å²) in [6.45, 7) is 7.11. The Balaban J connectivity index is 1.70. The molecule has 1 heterocycles. The molecule has 3 aromatic rings. The van der Waals surface area contributed by atoms with Crippen LogP contribution in [0, 0.1) is 0 Å². The number of fused-ring (bicyclic) bond motifs is 1. The fourth-order valence-electron chi connectivity index (χ4n) is 3.51. The van der Waals surface area contributed by atoms with Crippen LogP contribution in [-0.4, -0.2) is 35.8 Å². The first kappa shape index (κ1) is 21.6. The Kier molecular flexibility index (Phi) is 7.63. The van der Waals surface area contributed by atoms with E-state index in [-0.39, 0.29) is 18.6 Å². The lowest BCUT2D eigenvalue weighted by Gasteiger charge is -2.17. The van der Waals surface area contributed by atoms with E-state index in [0.717, 1.165) is 47.6 Å². The number of rotatable bonds is 11. The number of ether oxygens (including phenoxy) is 2. The van der Waals surface area contributed by atoms with Crippen LogP contribution in [0.5, 0.6) is 5.75 Å². The lowest BCUT2D eigenvalue weighted by atomic mass is 10.1. The molecule has 0 aliphatic carbocycles. The first-order valence-corrected chi connectivity index (χ1v) is 10.2. The number of para-hydroxylation sites is 3. The number of hydrogen-bond donors (Lipinski definition) is 1. The number of aromatic nitrogens is 2. The molecule has 1 amide bonds. The van der Waals surface area contributed by atoms with Crippen LogP contribution >= 0.6 is 0 Å². The maximum absolute atomic E-state index is 12.0.